The van der Waals surface area contributed by atoms with E-state index >= 15 is 0 Å². The molecule has 0 bridgehead atoms. The molecule has 3 rings (SSSR count). The molecular weight excluding hydrogens is 411 g/mol. The summed E-state index contributed by atoms with van der Waals surface area (Å²) < 4.78 is 57.4. The van der Waals surface area contributed by atoms with Gasteiger partial charge in [-0.05, 0) is 30.2 Å². The quantitative estimate of drug-likeness (QED) is 0.753. The van der Waals surface area contributed by atoms with Gasteiger partial charge in [0.05, 0.1) is 34.4 Å². The van der Waals surface area contributed by atoms with Crippen molar-refractivity contribution in [3.05, 3.63) is 47.7 Å². The number of rotatable bonds is 6. The highest BCUT2D eigenvalue weighted by molar-refractivity contribution is 7.85. The van der Waals surface area contributed by atoms with E-state index in [0.717, 1.165) is 12.3 Å². The van der Waals surface area contributed by atoms with Crippen molar-refractivity contribution in [2.45, 2.75) is 29.5 Å². The second kappa shape index (κ2) is 8.87. The molecule has 0 saturated carbocycles. The maximum absolute atomic E-state index is 13.1. The summed E-state index contributed by atoms with van der Waals surface area (Å²) in [5.41, 5.74) is -0.374. The van der Waals surface area contributed by atoms with Gasteiger partial charge in [-0.15, -0.1) is 5.10 Å². The van der Waals surface area contributed by atoms with Gasteiger partial charge >= 0.3 is 6.18 Å². The third kappa shape index (κ3) is 5.10. The van der Waals surface area contributed by atoms with E-state index in [1.54, 1.807) is 24.3 Å². The van der Waals surface area contributed by atoms with E-state index in [1.165, 1.54) is 4.90 Å². The Hall–Kier alpha value is -2.53. The Morgan fingerprint density at radius 3 is 2.66 bits per heavy atom. The molecule has 2 heterocycles. The Labute approximate surface area is 167 Å². The van der Waals surface area contributed by atoms with Gasteiger partial charge < -0.3 is 14.7 Å². The molecule has 1 N–H and O–H groups in total. The second-order valence-electron chi connectivity index (χ2n) is 6.39. The molecule has 11 heteroatoms. The van der Waals surface area contributed by atoms with E-state index in [0.29, 0.717) is 11.3 Å². The number of carbonyl (C=O) groups is 1. The maximum Gasteiger partial charge on any atom is 0.419 e. The highest BCUT2D eigenvalue weighted by Crippen LogP contribution is 2.33. The summed E-state index contributed by atoms with van der Waals surface area (Å²) in [6.45, 7) is -0.0417. The lowest BCUT2D eigenvalue weighted by Crippen LogP contribution is -2.34. The molecule has 29 heavy (non-hydrogen) atoms. The average molecular weight is 429 g/mol. The summed E-state index contributed by atoms with van der Waals surface area (Å²) in [4.78, 5) is 13.7. The summed E-state index contributed by atoms with van der Waals surface area (Å²) in [6, 6.07) is 7.30. The topological polar surface area (TPSA) is 92.6 Å². The van der Waals surface area contributed by atoms with Gasteiger partial charge in [-0.1, -0.05) is 12.1 Å². The molecule has 7 nitrogen and oxygen atoms in total. The molecule has 1 aliphatic heterocycles. The van der Waals surface area contributed by atoms with Crippen molar-refractivity contribution in [2.75, 3.05) is 19.7 Å². The minimum absolute atomic E-state index is 0.0477. The van der Waals surface area contributed by atoms with Crippen molar-refractivity contribution in [3.63, 3.8) is 0 Å². The number of hydrogen-bond donors (Lipinski definition) is 1. The Morgan fingerprint density at radius 1 is 1.28 bits per heavy atom. The molecule has 1 fully saturated rings. The summed E-state index contributed by atoms with van der Waals surface area (Å²) >= 11 is 0. The van der Waals surface area contributed by atoms with E-state index in [9.17, 15) is 22.2 Å². The molecular formula is C18H18F3N3O4S. The minimum Gasteiger partial charge on any atom is -0.484 e. The predicted molar refractivity (Wildman–Crippen MR) is 96.3 cm³/mol. The van der Waals surface area contributed by atoms with Crippen molar-refractivity contribution in [1.82, 2.24) is 15.1 Å². The molecule has 1 aliphatic rings. The van der Waals surface area contributed by atoms with Gasteiger partial charge in [-0.25, -0.2) is 0 Å². The summed E-state index contributed by atoms with van der Waals surface area (Å²) in [5.74, 6) is 0.0928. The molecule has 0 aliphatic carbocycles. The number of ether oxygens (including phenoxy) is 1. The molecule has 2 aromatic rings. The lowest BCUT2D eigenvalue weighted by molar-refractivity contribution is -0.140. The molecule has 1 aromatic carbocycles. The average Bonchev–Trinajstić information content (AvgIpc) is 3.21. The van der Waals surface area contributed by atoms with Crippen molar-refractivity contribution >= 4 is 16.7 Å². The Morgan fingerprint density at radius 2 is 2.00 bits per heavy atom. The van der Waals surface area contributed by atoms with E-state index in [4.69, 9.17) is 9.84 Å². The van der Waals surface area contributed by atoms with Crippen LogP contribution in [0.15, 0.2) is 41.6 Å². The monoisotopic (exact) mass is 429 g/mol. The number of alkyl halides is 3. The normalized spacial score (nSPS) is 17.9. The number of aromatic nitrogens is 2. The molecule has 1 saturated heterocycles. The van der Waals surface area contributed by atoms with Crippen LogP contribution in [0.2, 0.25) is 0 Å². The number of likely N-dealkylation sites (tertiary alicyclic amines) is 1. The molecule has 0 unspecified atom stereocenters. The van der Waals surface area contributed by atoms with Crippen LogP contribution < -0.4 is 4.74 Å². The van der Waals surface area contributed by atoms with Crippen LogP contribution >= 0.6 is 0 Å². The van der Waals surface area contributed by atoms with Crippen LogP contribution in [-0.4, -0.2) is 55.3 Å². The predicted octanol–water partition coefficient (Wildman–Crippen LogP) is 1.78. The van der Waals surface area contributed by atoms with E-state index in [1.807, 2.05) is 0 Å². The van der Waals surface area contributed by atoms with E-state index < -0.39 is 32.8 Å². The van der Waals surface area contributed by atoms with Gasteiger partial charge in [0.15, 0.2) is 11.6 Å². The summed E-state index contributed by atoms with van der Waals surface area (Å²) in [6.07, 6.45) is -3.50. The molecule has 156 valence electrons. The molecule has 1 aromatic heterocycles. The van der Waals surface area contributed by atoms with Gasteiger partial charge in [0.2, 0.25) is 0 Å². The van der Waals surface area contributed by atoms with Crippen LogP contribution in [-0.2, 0) is 28.4 Å². The van der Waals surface area contributed by atoms with Gasteiger partial charge in [0.1, 0.15) is 5.75 Å². The minimum atomic E-state index is -4.69. The third-order valence-electron chi connectivity index (χ3n) is 4.45. The Bertz CT molecular complexity index is 893. The number of aliphatic hydroxyl groups excluding tert-OH is 1. The number of aliphatic hydroxyl groups is 1. The SMILES string of the molecule is O=C(COc1ccc(CO)cc1)N1CC[C@@H]([S@](=O)c2nnccc2C(F)(F)F)C1. The lowest BCUT2D eigenvalue weighted by Gasteiger charge is -2.17. The molecule has 2 atom stereocenters. The number of halogens is 3. The second-order valence-corrected chi connectivity index (χ2v) is 8.03. The molecule has 1 amide bonds. The first-order valence-corrected chi connectivity index (χ1v) is 9.90. The first kappa shape index (κ1) is 21.2. The van der Waals surface area contributed by atoms with Crippen molar-refractivity contribution < 1.29 is 32.0 Å². The lowest BCUT2D eigenvalue weighted by atomic mass is 10.2. The highest BCUT2D eigenvalue weighted by atomic mass is 32.2. The number of amides is 1. The van der Waals surface area contributed by atoms with Gasteiger partial charge in [-0.3, -0.25) is 9.00 Å². The fourth-order valence-electron chi connectivity index (χ4n) is 2.90. The van der Waals surface area contributed by atoms with Crippen molar-refractivity contribution in [2.24, 2.45) is 0 Å². The summed E-state index contributed by atoms with van der Waals surface area (Å²) in [5, 5.41) is 14.6. The van der Waals surface area contributed by atoms with Crippen LogP contribution in [0.3, 0.4) is 0 Å². The van der Waals surface area contributed by atoms with Gasteiger partial charge in [0, 0.05) is 13.1 Å². The zero-order valence-corrected chi connectivity index (χ0v) is 15.9. The first-order chi connectivity index (χ1) is 13.8. The fourth-order valence-corrected chi connectivity index (χ4v) is 4.38. The smallest absolute Gasteiger partial charge is 0.419 e. The van der Waals surface area contributed by atoms with Crippen LogP contribution in [0.5, 0.6) is 5.75 Å². The van der Waals surface area contributed by atoms with Crippen LogP contribution in [0.1, 0.15) is 17.5 Å². The molecule has 0 spiro atoms. The third-order valence-corrected chi connectivity index (χ3v) is 6.12. The van der Waals surface area contributed by atoms with Crippen molar-refractivity contribution in [1.29, 1.82) is 0 Å². The number of benzene rings is 1. The number of hydrogen-bond acceptors (Lipinski definition) is 6. The largest absolute Gasteiger partial charge is 0.484 e. The van der Waals surface area contributed by atoms with E-state index in [2.05, 4.69) is 10.2 Å². The van der Waals surface area contributed by atoms with Crippen LogP contribution in [0.4, 0.5) is 13.2 Å². The number of carbonyl (C=O) groups excluding carboxylic acids is 1. The van der Waals surface area contributed by atoms with Gasteiger partial charge in [-0.2, -0.15) is 18.3 Å². The summed E-state index contributed by atoms with van der Waals surface area (Å²) in [7, 11) is -2.05. The zero-order valence-electron chi connectivity index (χ0n) is 15.1. The first-order valence-electron chi connectivity index (χ1n) is 8.69. The Balaban J connectivity index is 1.59. The fraction of sp³-hybridized carbons (Fsp3) is 0.389. The molecule has 0 radical (unpaired) electrons. The van der Waals surface area contributed by atoms with Crippen LogP contribution in [0, 0.1) is 0 Å². The van der Waals surface area contributed by atoms with Gasteiger partial charge in [0.25, 0.3) is 5.91 Å². The van der Waals surface area contributed by atoms with Crippen LogP contribution in [0.25, 0.3) is 0 Å². The zero-order chi connectivity index (χ0) is 21.0. The number of nitrogens with zero attached hydrogens (tertiary/aromatic N) is 3. The highest BCUT2D eigenvalue weighted by Gasteiger charge is 2.39. The standard InChI is InChI=1S/C18H18F3N3O4S/c19-18(20,21)15-5-7-22-23-17(15)29(27)14-6-8-24(9-14)16(26)11-28-13-3-1-12(10-25)2-4-13/h1-5,7,14,25H,6,8-11H2/t14-,29+/m1/s1. The van der Waals surface area contributed by atoms with E-state index in [-0.39, 0.29) is 38.6 Å². The van der Waals surface area contributed by atoms with Crippen molar-refractivity contribution in [3.8, 4) is 5.75 Å². The maximum atomic E-state index is 13.1. The Kier molecular flexibility index (Phi) is 6.48.